The molecule has 13 heteroatoms. The number of hydrogen-bond donors (Lipinski definition) is 7. The van der Waals surface area contributed by atoms with Crippen LogP contribution in [0.4, 0.5) is 22.7 Å². The Morgan fingerprint density at radius 1 is 0.590 bits per heavy atom. The fraction of sp³-hybridized carbons (Fsp3) is 0. The molecule has 0 aromatic heterocycles. The van der Waals surface area contributed by atoms with Gasteiger partial charge in [-0.15, -0.1) is 0 Å². The molecule has 0 aliphatic carbocycles. The van der Waals surface area contributed by atoms with E-state index in [1.807, 2.05) is 12.1 Å². The number of aromatic hydroxyl groups is 2. The first kappa shape index (κ1) is 27.5. The number of fused-ring (bicyclic) bond motifs is 2. The van der Waals surface area contributed by atoms with Crippen molar-refractivity contribution in [3.05, 3.63) is 84.9 Å². The van der Waals surface area contributed by atoms with Crippen LogP contribution in [0.3, 0.4) is 0 Å². The van der Waals surface area contributed by atoms with E-state index in [-0.39, 0.29) is 21.3 Å². The molecule has 0 spiro atoms. The second kappa shape index (κ2) is 10.3. The molecule has 0 aliphatic rings. The zero-order valence-electron chi connectivity index (χ0n) is 20.0. The molecule has 9 N–H and O–H groups in total. The molecule has 0 amide bonds. The zero-order chi connectivity index (χ0) is 28.5. The average molecular weight is 570 g/mol. The quantitative estimate of drug-likeness (QED) is 0.118. The number of benzene rings is 5. The summed E-state index contributed by atoms with van der Waals surface area (Å²) in [5.41, 5.74) is 13.8. The van der Waals surface area contributed by atoms with Gasteiger partial charge in [0.05, 0.1) is 9.79 Å². The van der Waals surface area contributed by atoms with Gasteiger partial charge in [0.1, 0.15) is 11.5 Å². The molecule has 0 atom stereocenters. The predicted octanol–water partition coefficient (Wildman–Crippen LogP) is 4.49. The Balaban J connectivity index is 0.000000193. The third-order valence-corrected chi connectivity index (χ3v) is 7.34. The SMILES string of the molecule is Nc1ccc(Nc2ccc3c(O)cc(S(=O)(=O)O)cc3c2)cc1.Nc1cccc2c(O)cc(S(=O)(=O)O)cc12. The summed E-state index contributed by atoms with van der Waals surface area (Å²) >= 11 is 0. The summed E-state index contributed by atoms with van der Waals surface area (Å²) in [5.74, 6) is -0.452. The molecule has 0 heterocycles. The van der Waals surface area contributed by atoms with Crippen molar-refractivity contribution in [2.75, 3.05) is 16.8 Å². The fourth-order valence-corrected chi connectivity index (χ4v) is 4.86. The van der Waals surface area contributed by atoms with E-state index in [2.05, 4.69) is 5.32 Å². The smallest absolute Gasteiger partial charge is 0.294 e. The summed E-state index contributed by atoms with van der Waals surface area (Å²) in [6.07, 6.45) is 0. The summed E-state index contributed by atoms with van der Waals surface area (Å²) in [4.78, 5) is -0.734. The minimum Gasteiger partial charge on any atom is -0.507 e. The number of hydrogen-bond acceptors (Lipinski definition) is 9. The van der Waals surface area contributed by atoms with Gasteiger partial charge >= 0.3 is 0 Å². The Bertz CT molecular complexity index is 1930. The molecule has 0 aliphatic heterocycles. The Labute approximate surface area is 223 Å². The van der Waals surface area contributed by atoms with Crippen LogP contribution >= 0.6 is 0 Å². The number of anilines is 4. The van der Waals surface area contributed by atoms with Crippen LogP contribution in [0.25, 0.3) is 21.5 Å². The number of nitrogen functional groups attached to an aromatic ring is 2. The van der Waals surface area contributed by atoms with Gasteiger partial charge in [-0.1, -0.05) is 12.1 Å². The molecule has 5 aromatic carbocycles. The summed E-state index contributed by atoms with van der Waals surface area (Å²) in [7, 11) is -8.74. The molecule has 0 fully saturated rings. The van der Waals surface area contributed by atoms with E-state index in [1.165, 1.54) is 12.1 Å². The fourth-order valence-electron chi connectivity index (χ4n) is 3.80. The standard InChI is InChI=1S/C16H14N2O4S.C10H9NO4S/c17-11-1-3-12(4-2-11)18-13-5-6-15-10(7-13)8-14(9-16(15)19)23(20,21)22;11-9-3-1-2-7-8(9)4-6(5-10(7)12)16(13,14)15/h1-9,18-19H,17H2,(H,20,21,22);1-5,12H,11H2,(H,13,14,15). The van der Waals surface area contributed by atoms with Crippen LogP contribution < -0.4 is 16.8 Å². The van der Waals surface area contributed by atoms with Gasteiger partial charge in [0, 0.05) is 51.0 Å². The van der Waals surface area contributed by atoms with Crippen LogP contribution in [-0.2, 0) is 20.2 Å². The number of phenolic OH excluding ortho intramolecular Hbond substituents is 2. The maximum absolute atomic E-state index is 11.3. The first-order chi connectivity index (χ1) is 18.2. The third kappa shape index (κ3) is 6.30. The van der Waals surface area contributed by atoms with E-state index in [0.29, 0.717) is 38.6 Å². The highest BCUT2D eigenvalue weighted by Crippen LogP contribution is 2.33. The van der Waals surface area contributed by atoms with Crippen molar-refractivity contribution in [2.45, 2.75) is 9.79 Å². The van der Waals surface area contributed by atoms with Crippen LogP contribution in [0, 0.1) is 0 Å². The van der Waals surface area contributed by atoms with Gasteiger partial charge in [0.2, 0.25) is 0 Å². The molecular weight excluding hydrogens is 546 g/mol. The lowest BCUT2D eigenvalue weighted by Crippen LogP contribution is -1.98. The molecule has 5 rings (SSSR count). The van der Waals surface area contributed by atoms with Gasteiger partial charge in [0.25, 0.3) is 20.2 Å². The minimum absolute atomic E-state index is 0.214. The second-order valence-electron chi connectivity index (χ2n) is 8.46. The van der Waals surface area contributed by atoms with E-state index >= 15 is 0 Å². The lowest BCUT2D eigenvalue weighted by atomic mass is 10.1. The highest BCUT2D eigenvalue weighted by molar-refractivity contribution is 7.86. The lowest BCUT2D eigenvalue weighted by molar-refractivity contribution is 0.470. The van der Waals surface area contributed by atoms with Crippen molar-refractivity contribution >= 4 is 64.5 Å². The average Bonchev–Trinajstić information content (AvgIpc) is 2.85. The third-order valence-electron chi connectivity index (χ3n) is 5.68. The monoisotopic (exact) mass is 569 g/mol. The van der Waals surface area contributed by atoms with E-state index in [9.17, 15) is 27.0 Å². The first-order valence-corrected chi connectivity index (χ1v) is 14.0. The molecule has 39 heavy (non-hydrogen) atoms. The molecule has 0 bridgehead atoms. The van der Waals surface area contributed by atoms with Crippen molar-refractivity contribution in [3.8, 4) is 11.5 Å². The van der Waals surface area contributed by atoms with Gasteiger partial charge < -0.3 is 27.0 Å². The number of nitrogens with two attached hydrogens (primary N) is 2. The second-order valence-corrected chi connectivity index (χ2v) is 11.3. The topological polar surface area (TPSA) is 213 Å². The van der Waals surface area contributed by atoms with Gasteiger partial charge in [-0.05, 0) is 66.0 Å². The van der Waals surface area contributed by atoms with Crippen LogP contribution in [0.1, 0.15) is 0 Å². The highest BCUT2D eigenvalue weighted by Gasteiger charge is 2.15. The van der Waals surface area contributed by atoms with Crippen molar-refractivity contribution in [1.82, 2.24) is 0 Å². The Kier molecular flexibility index (Phi) is 7.26. The van der Waals surface area contributed by atoms with E-state index in [1.54, 1.807) is 48.5 Å². The minimum atomic E-state index is -4.39. The van der Waals surface area contributed by atoms with Crippen LogP contribution in [0.5, 0.6) is 11.5 Å². The van der Waals surface area contributed by atoms with Gasteiger partial charge in [-0.3, -0.25) is 9.11 Å². The number of rotatable bonds is 4. The van der Waals surface area contributed by atoms with Gasteiger partial charge in [-0.25, -0.2) is 0 Å². The molecule has 5 aromatic rings. The van der Waals surface area contributed by atoms with E-state index in [0.717, 1.165) is 17.8 Å². The van der Waals surface area contributed by atoms with Crippen LogP contribution in [0.15, 0.2) is 94.7 Å². The Morgan fingerprint density at radius 2 is 1.15 bits per heavy atom. The maximum atomic E-state index is 11.3. The number of phenols is 2. The van der Waals surface area contributed by atoms with Crippen molar-refractivity contribution in [2.24, 2.45) is 0 Å². The number of nitrogens with one attached hydrogen (secondary N) is 1. The summed E-state index contributed by atoms with van der Waals surface area (Å²) in [5, 5.41) is 24.5. The van der Waals surface area contributed by atoms with E-state index in [4.69, 9.17) is 20.6 Å². The molecule has 11 nitrogen and oxygen atoms in total. The maximum Gasteiger partial charge on any atom is 0.294 e. The molecule has 0 saturated heterocycles. The van der Waals surface area contributed by atoms with Gasteiger partial charge in [-0.2, -0.15) is 16.8 Å². The zero-order valence-corrected chi connectivity index (χ0v) is 21.6. The summed E-state index contributed by atoms with van der Waals surface area (Å²) in [6, 6.07) is 21.6. The molecule has 0 unspecified atom stereocenters. The van der Waals surface area contributed by atoms with Gasteiger partial charge in [0.15, 0.2) is 0 Å². The molecule has 0 saturated carbocycles. The summed E-state index contributed by atoms with van der Waals surface area (Å²) < 4.78 is 62.4. The van der Waals surface area contributed by atoms with Crippen molar-refractivity contribution < 1.29 is 36.2 Å². The molecule has 202 valence electrons. The molecular formula is C26H23N3O8S2. The van der Waals surface area contributed by atoms with Crippen LogP contribution in [0.2, 0.25) is 0 Å². The van der Waals surface area contributed by atoms with Crippen molar-refractivity contribution in [3.63, 3.8) is 0 Å². The van der Waals surface area contributed by atoms with Crippen LogP contribution in [-0.4, -0.2) is 36.2 Å². The summed E-state index contributed by atoms with van der Waals surface area (Å²) in [6.45, 7) is 0. The van der Waals surface area contributed by atoms with E-state index < -0.39 is 20.2 Å². The van der Waals surface area contributed by atoms with Crippen molar-refractivity contribution in [1.29, 1.82) is 0 Å². The first-order valence-electron chi connectivity index (χ1n) is 11.1. The largest absolute Gasteiger partial charge is 0.507 e. The Morgan fingerprint density at radius 3 is 1.77 bits per heavy atom. The molecule has 0 radical (unpaired) electrons. The Hall–Kier alpha value is -4.56. The normalized spacial score (nSPS) is 11.6. The predicted molar refractivity (Wildman–Crippen MR) is 149 cm³/mol. The highest BCUT2D eigenvalue weighted by atomic mass is 32.2. The lowest BCUT2D eigenvalue weighted by Gasteiger charge is -2.09.